The molecule has 1 saturated carbocycles. The number of ketones is 1. The van der Waals surface area contributed by atoms with Gasteiger partial charge in [-0.3, -0.25) is 9.59 Å². The molecule has 2 aromatic rings. The van der Waals surface area contributed by atoms with Crippen molar-refractivity contribution in [3.8, 4) is 0 Å². The normalized spacial score (nSPS) is 14.6. The fourth-order valence-corrected chi connectivity index (χ4v) is 2.89. The third-order valence-corrected chi connectivity index (χ3v) is 4.48. The highest BCUT2D eigenvalue weighted by atomic mass is 16.2. The van der Waals surface area contributed by atoms with Gasteiger partial charge in [0.15, 0.2) is 5.82 Å². The second-order valence-electron chi connectivity index (χ2n) is 6.68. The van der Waals surface area contributed by atoms with Crippen LogP contribution in [0.3, 0.4) is 0 Å². The molecule has 1 aliphatic rings. The summed E-state index contributed by atoms with van der Waals surface area (Å²) in [7, 11) is 0. The molecule has 0 spiro atoms. The Hall–Kier alpha value is -3.03. The Morgan fingerprint density at radius 2 is 1.74 bits per heavy atom. The first-order valence-electron chi connectivity index (χ1n) is 9.17. The van der Waals surface area contributed by atoms with E-state index in [-0.39, 0.29) is 17.6 Å². The van der Waals surface area contributed by atoms with Crippen molar-refractivity contribution in [3.05, 3.63) is 36.0 Å². The van der Waals surface area contributed by atoms with Crippen molar-refractivity contribution in [2.45, 2.75) is 32.6 Å². The molecule has 1 aliphatic carbocycles. The topological polar surface area (TPSA) is 109 Å². The van der Waals surface area contributed by atoms with E-state index in [9.17, 15) is 9.59 Å². The first-order valence-corrected chi connectivity index (χ1v) is 9.17. The summed E-state index contributed by atoms with van der Waals surface area (Å²) in [5.41, 5.74) is 1.09. The van der Waals surface area contributed by atoms with Gasteiger partial charge in [0, 0.05) is 38.0 Å². The Bertz CT molecular complexity index is 766. The molecule has 1 fully saturated rings. The maximum Gasteiger partial charge on any atom is 0.223 e. The Balaban J connectivity index is 1.38. The molecule has 1 amide bonds. The van der Waals surface area contributed by atoms with Crippen LogP contribution < -0.4 is 16.0 Å². The van der Waals surface area contributed by atoms with Crippen LogP contribution in [0.25, 0.3) is 0 Å². The molecule has 3 rings (SSSR count). The van der Waals surface area contributed by atoms with Crippen LogP contribution in [0.1, 0.15) is 31.2 Å². The van der Waals surface area contributed by atoms with Gasteiger partial charge in [-0.15, -0.1) is 10.2 Å². The first kappa shape index (κ1) is 18.8. The summed E-state index contributed by atoms with van der Waals surface area (Å²) < 4.78 is 0. The lowest BCUT2D eigenvalue weighted by molar-refractivity contribution is -0.128. The predicted molar refractivity (Wildman–Crippen MR) is 103 cm³/mol. The smallest absolute Gasteiger partial charge is 0.223 e. The number of hydrogen-bond acceptors (Lipinski definition) is 7. The van der Waals surface area contributed by atoms with Gasteiger partial charge in [-0.2, -0.15) is 0 Å². The molecule has 0 saturated heterocycles. The van der Waals surface area contributed by atoms with Crippen molar-refractivity contribution >= 4 is 29.1 Å². The number of carbonyl (C=O) groups is 2. The zero-order valence-electron chi connectivity index (χ0n) is 15.4. The summed E-state index contributed by atoms with van der Waals surface area (Å²) in [6, 6.07) is 7.48. The molecule has 0 bridgehead atoms. The lowest BCUT2D eigenvalue weighted by Crippen LogP contribution is -2.36. The fourth-order valence-electron chi connectivity index (χ4n) is 2.89. The minimum absolute atomic E-state index is 0.0283. The van der Waals surface area contributed by atoms with E-state index in [4.69, 9.17) is 0 Å². The number of nitrogens with one attached hydrogen (secondary N) is 3. The summed E-state index contributed by atoms with van der Waals surface area (Å²) in [4.78, 5) is 27.6. The minimum atomic E-state index is -0.0387. The highest BCUT2D eigenvalue weighted by molar-refractivity contribution is 5.84. The van der Waals surface area contributed by atoms with Crippen molar-refractivity contribution < 1.29 is 9.59 Å². The van der Waals surface area contributed by atoms with Crippen molar-refractivity contribution in [1.29, 1.82) is 0 Å². The molecule has 27 heavy (non-hydrogen) atoms. The number of nitrogens with zero attached hydrogens (tertiary/aromatic N) is 3. The van der Waals surface area contributed by atoms with Crippen molar-refractivity contribution in [1.82, 2.24) is 20.5 Å². The van der Waals surface area contributed by atoms with Crippen LogP contribution in [0, 0.1) is 12.8 Å². The van der Waals surface area contributed by atoms with Gasteiger partial charge in [-0.1, -0.05) is 6.07 Å². The third-order valence-electron chi connectivity index (χ3n) is 4.48. The molecule has 142 valence electrons. The molecule has 0 aromatic carbocycles. The number of carbonyl (C=O) groups excluding carboxylic acids is 2. The Morgan fingerprint density at radius 1 is 1.04 bits per heavy atom. The van der Waals surface area contributed by atoms with Crippen LogP contribution in [-0.2, 0) is 9.59 Å². The summed E-state index contributed by atoms with van der Waals surface area (Å²) >= 11 is 0. The van der Waals surface area contributed by atoms with Gasteiger partial charge in [0.25, 0.3) is 0 Å². The summed E-state index contributed by atoms with van der Waals surface area (Å²) in [6.45, 7) is 3.03. The average molecular weight is 368 g/mol. The third kappa shape index (κ3) is 5.73. The van der Waals surface area contributed by atoms with Gasteiger partial charge >= 0.3 is 0 Å². The van der Waals surface area contributed by atoms with Crippen LogP contribution in [0.15, 0.2) is 30.5 Å². The molecular formula is C19H24N6O2. The zero-order valence-corrected chi connectivity index (χ0v) is 15.4. The maximum atomic E-state index is 12.1. The fraction of sp³-hybridized carbons (Fsp3) is 0.421. The molecule has 2 aromatic heterocycles. The van der Waals surface area contributed by atoms with Gasteiger partial charge in [0.2, 0.25) is 5.91 Å². The number of Topliss-reactive ketones (excluding diaryl/α,β-unsaturated/α-hetero) is 1. The molecule has 0 atom stereocenters. The largest absolute Gasteiger partial charge is 0.367 e. The lowest BCUT2D eigenvalue weighted by atomic mass is 9.88. The van der Waals surface area contributed by atoms with Gasteiger partial charge in [-0.05, 0) is 43.5 Å². The van der Waals surface area contributed by atoms with Crippen LogP contribution in [-0.4, -0.2) is 40.0 Å². The van der Waals surface area contributed by atoms with E-state index in [0.29, 0.717) is 56.2 Å². The van der Waals surface area contributed by atoms with Gasteiger partial charge in [-0.25, -0.2) is 4.98 Å². The molecule has 3 N–H and O–H groups in total. The SMILES string of the molecule is Cc1ccc(Nc2ccc(NCCNC(=O)C3CCC(=O)CC3)nn2)nc1. The summed E-state index contributed by atoms with van der Waals surface area (Å²) in [5.74, 6) is 2.20. The van der Waals surface area contributed by atoms with E-state index < -0.39 is 0 Å². The standard InChI is InChI=1S/C19H24N6O2/c1-13-2-7-16(22-12-13)23-18-9-8-17(24-25-18)20-10-11-21-19(27)14-3-5-15(26)6-4-14/h2,7-9,12,14H,3-6,10-11H2,1H3,(H,20,24)(H,21,27)(H,22,23,25). The molecule has 0 unspecified atom stereocenters. The zero-order chi connectivity index (χ0) is 19.1. The number of pyridine rings is 1. The minimum Gasteiger partial charge on any atom is -0.367 e. The van der Waals surface area contributed by atoms with E-state index >= 15 is 0 Å². The molecule has 0 aliphatic heterocycles. The number of amides is 1. The second-order valence-corrected chi connectivity index (χ2v) is 6.68. The molecule has 2 heterocycles. The van der Waals surface area contributed by atoms with E-state index in [2.05, 4.69) is 31.1 Å². The maximum absolute atomic E-state index is 12.1. The van der Waals surface area contributed by atoms with Crippen molar-refractivity contribution in [3.63, 3.8) is 0 Å². The van der Waals surface area contributed by atoms with Crippen LogP contribution in [0.2, 0.25) is 0 Å². The highest BCUT2D eigenvalue weighted by Crippen LogP contribution is 2.21. The van der Waals surface area contributed by atoms with Crippen LogP contribution in [0.5, 0.6) is 0 Å². The number of hydrogen-bond donors (Lipinski definition) is 3. The quantitative estimate of drug-likeness (QED) is 0.643. The molecule has 8 heteroatoms. The average Bonchev–Trinajstić information content (AvgIpc) is 2.68. The Morgan fingerprint density at radius 3 is 2.41 bits per heavy atom. The second kappa shape index (κ2) is 9.07. The van der Waals surface area contributed by atoms with Gasteiger partial charge in [0.05, 0.1) is 0 Å². The summed E-state index contributed by atoms with van der Waals surface area (Å²) in [6.07, 6.45) is 4.14. The summed E-state index contributed by atoms with van der Waals surface area (Å²) in [5, 5.41) is 17.3. The van der Waals surface area contributed by atoms with Crippen molar-refractivity contribution in [2.24, 2.45) is 5.92 Å². The Kier molecular flexibility index (Phi) is 6.30. The monoisotopic (exact) mass is 368 g/mol. The van der Waals surface area contributed by atoms with Crippen LogP contribution >= 0.6 is 0 Å². The van der Waals surface area contributed by atoms with Crippen molar-refractivity contribution in [2.75, 3.05) is 23.7 Å². The molecule has 8 nitrogen and oxygen atoms in total. The van der Waals surface area contributed by atoms with E-state index in [1.165, 1.54) is 0 Å². The number of rotatable bonds is 7. The molecular weight excluding hydrogens is 344 g/mol. The van der Waals surface area contributed by atoms with E-state index in [1.807, 2.05) is 31.2 Å². The van der Waals surface area contributed by atoms with E-state index in [0.717, 1.165) is 5.56 Å². The van der Waals surface area contributed by atoms with Crippen LogP contribution in [0.4, 0.5) is 17.5 Å². The predicted octanol–water partition coefficient (Wildman–Crippen LogP) is 2.21. The Labute approximate surface area is 158 Å². The molecule has 0 radical (unpaired) electrons. The first-order chi connectivity index (χ1) is 13.1. The highest BCUT2D eigenvalue weighted by Gasteiger charge is 2.24. The van der Waals surface area contributed by atoms with E-state index in [1.54, 1.807) is 6.20 Å². The number of aromatic nitrogens is 3. The van der Waals surface area contributed by atoms with Gasteiger partial charge < -0.3 is 16.0 Å². The van der Waals surface area contributed by atoms with Gasteiger partial charge in [0.1, 0.15) is 17.4 Å². The lowest BCUT2D eigenvalue weighted by Gasteiger charge is -2.20. The number of aryl methyl sites for hydroxylation is 1. The number of anilines is 3.